The molecule has 0 saturated heterocycles. The lowest BCUT2D eigenvalue weighted by atomic mass is 10.1. The predicted molar refractivity (Wildman–Crippen MR) is 100 cm³/mol. The highest BCUT2D eigenvalue weighted by molar-refractivity contribution is 8.00. The van der Waals surface area contributed by atoms with Crippen molar-refractivity contribution in [2.24, 2.45) is 0 Å². The van der Waals surface area contributed by atoms with E-state index < -0.39 is 0 Å². The maximum absolute atomic E-state index is 12.3. The van der Waals surface area contributed by atoms with Gasteiger partial charge in [0.1, 0.15) is 11.1 Å². The van der Waals surface area contributed by atoms with Gasteiger partial charge in [0.15, 0.2) is 5.78 Å². The number of hydrogen-bond donors (Lipinski definition) is 0. The molecule has 2 heterocycles. The monoisotopic (exact) mass is 393 g/mol. The highest BCUT2D eigenvalue weighted by Gasteiger charge is 2.16. The molecule has 25 heavy (non-hydrogen) atoms. The SMILES string of the molecule is CC(=O)c1cc(C#N)c(SCC(=O)N(C)Cc2ccc(Cl)s2)nc1C. The number of aromatic nitrogens is 1. The van der Waals surface area contributed by atoms with Gasteiger partial charge in [-0.2, -0.15) is 5.26 Å². The molecule has 0 fully saturated rings. The molecule has 8 heteroatoms. The number of halogens is 1. The van der Waals surface area contributed by atoms with E-state index in [1.165, 1.54) is 36.1 Å². The highest BCUT2D eigenvalue weighted by Crippen LogP contribution is 2.25. The molecule has 0 radical (unpaired) electrons. The number of thiophene rings is 1. The van der Waals surface area contributed by atoms with E-state index in [-0.39, 0.29) is 17.4 Å². The second kappa shape index (κ2) is 8.48. The van der Waals surface area contributed by atoms with Crippen molar-refractivity contribution in [2.45, 2.75) is 25.4 Å². The van der Waals surface area contributed by atoms with Gasteiger partial charge in [-0.05, 0) is 32.0 Å². The Hall–Kier alpha value is -1.88. The molecule has 2 aromatic rings. The van der Waals surface area contributed by atoms with Crippen molar-refractivity contribution < 1.29 is 9.59 Å². The first-order valence-corrected chi connectivity index (χ1v) is 9.53. The molecule has 1 amide bonds. The van der Waals surface area contributed by atoms with Crippen LogP contribution in [-0.4, -0.2) is 34.4 Å². The Morgan fingerprint density at radius 1 is 1.44 bits per heavy atom. The Labute approximate surface area is 159 Å². The van der Waals surface area contributed by atoms with Gasteiger partial charge in [0.25, 0.3) is 0 Å². The van der Waals surface area contributed by atoms with E-state index in [2.05, 4.69) is 4.98 Å². The van der Waals surface area contributed by atoms with Crippen LogP contribution in [0, 0.1) is 18.3 Å². The summed E-state index contributed by atoms with van der Waals surface area (Å²) < 4.78 is 0.689. The van der Waals surface area contributed by atoms with Gasteiger partial charge < -0.3 is 4.90 Å². The van der Waals surface area contributed by atoms with E-state index in [1.807, 2.05) is 12.1 Å². The third-order valence-electron chi connectivity index (χ3n) is 3.46. The van der Waals surface area contributed by atoms with E-state index >= 15 is 0 Å². The Kier molecular flexibility index (Phi) is 6.59. The molecule has 5 nitrogen and oxygen atoms in total. The fraction of sp³-hybridized carbons (Fsp3) is 0.294. The second-order valence-corrected chi connectivity index (χ2v) is 8.15. The number of nitrogens with zero attached hydrogens (tertiary/aromatic N) is 3. The first-order chi connectivity index (χ1) is 11.8. The number of carbonyl (C=O) groups excluding carboxylic acids is 2. The first-order valence-electron chi connectivity index (χ1n) is 7.35. The molecule has 0 aliphatic heterocycles. The van der Waals surface area contributed by atoms with Crippen LogP contribution in [0.5, 0.6) is 0 Å². The molecule has 0 unspecified atom stereocenters. The van der Waals surface area contributed by atoms with Crippen molar-refractivity contribution in [1.82, 2.24) is 9.88 Å². The molecule has 130 valence electrons. The highest BCUT2D eigenvalue weighted by atomic mass is 35.5. The number of Topliss-reactive ketones (excluding diaryl/α,β-unsaturated/α-hetero) is 1. The minimum atomic E-state index is -0.136. The van der Waals surface area contributed by atoms with Gasteiger partial charge in [-0.15, -0.1) is 11.3 Å². The molecule has 0 spiro atoms. The van der Waals surface area contributed by atoms with Crippen molar-refractivity contribution in [3.05, 3.63) is 44.2 Å². The molecular formula is C17H16ClN3O2S2. The average Bonchev–Trinajstić information content (AvgIpc) is 2.97. The zero-order valence-corrected chi connectivity index (χ0v) is 16.4. The summed E-state index contributed by atoms with van der Waals surface area (Å²) in [5.74, 6) is -0.0483. The number of hydrogen-bond acceptors (Lipinski definition) is 6. The third kappa shape index (κ3) is 5.05. The van der Waals surface area contributed by atoms with Crippen molar-refractivity contribution in [2.75, 3.05) is 12.8 Å². The van der Waals surface area contributed by atoms with Crippen LogP contribution >= 0.6 is 34.7 Å². The molecule has 0 aromatic carbocycles. The topological polar surface area (TPSA) is 74.1 Å². The molecular weight excluding hydrogens is 378 g/mol. The van der Waals surface area contributed by atoms with Gasteiger partial charge in [0, 0.05) is 23.2 Å². The number of pyridine rings is 1. The van der Waals surface area contributed by atoms with Gasteiger partial charge in [-0.3, -0.25) is 9.59 Å². The largest absolute Gasteiger partial charge is 0.340 e. The van der Waals surface area contributed by atoms with E-state index in [0.717, 1.165) is 4.88 Å². The van der Waals surface area contributed by atoms with E-state index in [1.54, 1.807) is 24.9 Å². The minimum absolute atomic E-state index is 0.0755. The van der Waals surface area contributed by atoms with Crippen LogP contribution in [0.4, 0.5) is 0 Å². The maximum Gasteiger partial charge on any atom is 0.233 e. The van der Waals surface area contributed by atoms with Gasteiger partial charge in [-0.1, -0.05) is 23.4 Å². The normalized spacial score (nSPS) is 10.4. The molecule has 0 N–H and O–H groups in total. The van der Waals surface area contributed by atoms with Gasteiger partial charge in [0.05, 0.1) is 22.2 Å². The predicted octanol–water partition coefficient (Wildman–Crippen LogP) is 3.93. The van der Waals surface area contributed by atoms with Crippen molar-refractivity contribution >= 4 is 46.4 Å². The van der Waals surface area contributed by atoms with Crippen LogP contribution in [0.15, 0.2) is 23.2 Å². The Morgan fingerprint density at radius 2 is 2.16 bits per heavy atom. The van der Waals surface area contributed by atoms with Crippen LogP contribution in [0.3, 0.4) is 0 Å². The Bertz CT molecular complexity index is 858. The fourth-order valence-electron chi connectivity index (χ4n) is 2.13. The molecule has 0 atom stereocenters. The summed E-state index contributed by atoms with van der Waals surface area (Å²) in [4.78, 5) is 30.8. The zero-order valence-electron chi connectivity index (χ0n) is 14.0. The lowest BCUT2D eigenvalue weighted by Crippen LogP contribution is -2.27. The summed E-state index contributed by atoms with van der Waals surface area (Å²) in [6.07, 6.45) is 0. The molecule has 0 saturated carbocycles. The number of carbonyl (C=O) groups is 2. The smallest absolute Gasteiger partial charge is 0.233 e. The van der Waals surface area contributed by atoms with Crippen molar-refractivity contribution in [3.8, 4) is 6.07 Å². The number of nitriles is 1. The number of rotatable bonds is 6. The van der Waals surface area contributed by atoms with Gasteiger partial charge in [-0.25, -0.2) is 4.98 Å². The van der Waals surface area contributed by atoms with Crippen molar-refractivity contribution in [1.29, 1.82) is 5.26 Å². The number of amides is 1. The lowest BCUT2D eigenvalue weighted by molar-refractivity contribution is -0.127. The van der Waals surface area contributed by atoms with Crippen LogP contribution in [0.2, 0.25) is 4.34 Å². The quantitative estimate of drug-likeness (QED) is 0.549. The van der Waals surface area contributed by atoms with E-state index in [4.69, 9.17) is 11.6 Å². The van der Waals surface area contributed by atoms with Gasteiger partial charge in [0.2, 0.25) is 5.91 Å². The molecule has 0 bridgehead atoms. The molecule has 2 aromatic heterocycles. The summed E-state index contributed by atoms with van der Waals surface area (Å²) in [6.45, 7) is 3.64. The number of aryl methyl sites for hydroxylation is 1. The summed E-state index contributed by atoms with van der Waals surface area (Å²) >= 11 is 8.53. The first kappa shape index (κ1) is 19.4. The standard InChI is InChI=1S/C17H16ClN3O2S2/c1-10-14(11(2)22)6-12(7-19)17(20-10)24-9-16(23)21(3)8-13-4-5-15(18)25-13/h4-6H,8-9H2,1-3H3. The molecule has 2 rings (SSSR count). The van der Waals surface area contributed by atoms with Crippen LogP contribution in [0.1, 0.15) is 33.4 Å². The van der Waals surface area contributed by atoms with E-state index in [9.17, 15) is 14.9 Å². The third-order valence-corrected chi connectivity index (χ3v) is 5.65. The van der Waals surface area contributed by atoms with Crippen molar-refractivity contribution in [3.63, 3.8) is 0 Å². The van der Waals surface area contributed by atoms with E-state index in [0.29, 0.717) is 32.7 Å². The Morgan fingerprint density at radius 3 is 2.72 bits per heavy atom. The fourth-order valence-corrected chi connectivity index (χ4v) is 4.21. The van der Waals surface area contributed by atoms with Gasteiger partial charge >= 0.3 is 0 Å². The number of thioether (sulfide) groups is 1. The summed E-state index contributed by atoms with van der Waals surface area (Å²) in [5.41, 5.74) is 1.29. The molecule has 0 aliphatic rings. The lowest BCUT2D eigenvalue weighted by Gasteiger charge is -2.16. The van der Waals surface area contributed by atoms with Crippen LogP contribution < -0.4 is 0 Å². The maximum atomic E-state index is 12.3. The summed E-state index contributed by atoms with van der Waals surface area (Å²) in [7, 11) is 1.72. The molecule has 0 aliphatic carbocycles. The number of ketones is 1. The van der Waals surface area contributed by atoms with Crippen LogP contribution in [0.25, 0.3) is 0 Å². The Balaban J connectivity index is 2.05. The summed E-state index contributed by atoms with van der Waals surface area (Å²) in [6, 6.07) is 7.27. The zero-order chi connectivity index (χ0) is 18.6. The minimum Gasteiger partial charge on any atom is -0.340 e. The average molecular weight is 394 g/mol. The summed E-state index contributed by atoms with van der Waals surface area (Å²) in [5, 5.41) is 9.73. The second-order valence-electron chi connectivity index (χ2n) is 5.39. The van der Waals surface area contributed by atoms with Crippen LogP contribution in [-0.2, 0) is 11.3 Å².